The van der Waals surface area contributed by atoms with Crippen molar-refractivity contribution >= 4 is 23.7 Å². The summed E-state index contributed by atoms with van der Waals surface area (Å²) in [6.45, 7) is 8.82. The second-order valence-electron chi connectivity index (χ2n) is 11.0. The van der Waals surface area contributed by atoms with Crippen LogP contribution >= 0.6 is 0 Å². The van der Waals surface area contributed by atoms with Gasteiger partial charge in [-0.25, -0.2) is 14.8 Å². The third-order valence-electron chi connectivity index (χ3n) is 6.71. The monoisotopic (exact) mass is 534 g/mol. The molecule has 1 N–H and O–H groups in total. The largest absolute Gasteiger partial charge is 0.469 e. The predicted octanol–water partition coefficient (Wildman–Crippen LogP) is 5.19. The fourth-order valence-electron chi connectivity index (χ4n) is 4.75. The van der Waals surface area contributed by atoms with E-state index in [4.69, 9.17) is 14.5 Å². The van der Waals surface area contributed by atoms with Crippen LogP contribution in [0.5, 0.6) is 0 Å². The number of benzene rings is 1. The first kappa shape index (κ1) is 28.1. The van der Waals surface area contributed by atoms with Crippen LogP contribution in [0.4, 0.5) is 16.4 Å². The number of nitrogens with one attached hydrogen (secondary N) is 1. The average Bonchev–Trinajstić information content (AvgIpc) is 3.37. The van der Waals surface area contributed by atoms with Crippen molar-refractivity contribution in [3.8, 4) is 0 Å². The third-order valence-corrected chi connectivity index (χ3v) is 6.71. The summed E-state index contributed by atoms with van der Waals surface area (Å²) < 4.78 is 12.4. The summed E-state index contributed by atoms with van der Waals surface area (Å²) in [6.07, 6.45) is 7.66. The van der Waals surface area contributed by atoms with E-state index >= 15 is 0 Å². The highest BCUT2D eigenvalue weighted by molar-refractivity contribution is 5.70. The maximum atomic E-state index is 12.4. The van der Waals surface area contributed by atoms with Crippen molar-refractivity contribution in [1.29, 1.82) is 0 Å². The molecule has 39 heavy (non-hydrogen) atoms. The Hall–Kier alpha value is -3.95. The Kier molecular flexibility index (Phi) is 8.83. The number of hydrogen-bond donors (Lipinski definition) is 1. The predicted molar refractivity (Wildman–Crippen MR) is 148 cm³/mol. The van der Waals surface area contributed by atoms with Gasteiger partial charge in [-0.2, -0.15) is 5.10 Å². The van der Waals surface area contributed by atoms with Crippen LogP contribution in [0.2, 0.25) is 0 Å². The second-order valence-corrected chi connectivity index (χ2v) is 11.0. The molecule has 0 bridgehead atoms. The zero-order valence-electron chi connectivity index (χ0n) is 23.4. The molecule has 1 atom stereocenters. The molecule has 3 heterocycles. The van der Waals surface area contributed by atoms with Crippen LogP contribution in [0.3, 0.4) is 0 Å². The Morgan fingerprint density at radius 3 is 2.51 bits per heavy atom. The van der Waals surface area contributed by atoms with Gasteiger partial charge in [0.25, 0.3) is 0 Å². The van der Waals surface area contributed by atoms with Crippen molar-refractivity contribution in [1.82, 2.24) is 24.6 Å². The van der Waals surface area contributed by atoms with Gasteiger partial charge in [0.2, 0.25) is 5.95 Å². The Balaban J connectivity index is 1.43. The SMILES string of the molecule is COC(=O)CC(Cc1ccccc1)c1nc(Nc2cnn(C3CCN(C(=O)OC(C)(C)C)CC3)c2)ncc1C. The quantitative estimate of drug-likeness (QED) is 0.393. The van der Waals surface area contributed by atoms with Gasteiger partial charge in [0.05, 0.1) is 37.2 Å². The van der Waals surface area contributed by atoms with Crippen molar-refractivity contribution in [2.75, 3.05) is 25.5 Å². The van der Waals surface area contributed by atoms with Crippen LogP contribution in [-0.2, 0) is 20.7 Å². The lowest BCUT2D eigenvalue weighted by Gasteiger charge is -2.33. The number of likely N-dealkylation sites (tertiary alicyclic amines) is 1. The maximum Gasteiger partial charge on any atom is 0.410 e. The van der Waals surface area contributed by atoms with Crippen molar-refractivity contribution in [2.45, 2.75) is 70.9 Å². The first-order chi connectivity index (χ1) is 18.6. The minimum Gasteiger partial charge on any atom is -0.469 e. The highest BCUT2D eigenvalue weighted by Gasteiger charge is 2.28. The highest BCUT2D eigenvalue weighted by Crippen LogP contribution is 2.28. The minimum absolute atomic E-state index is 0.152. The van der Waals surface area contributed by atoms with Gasteiger partial charge >= 0.3 is 12.1 Å². The summed E-state index contributed by atoms with van der Waals surface area (Å²) >= 11 is 0. The number of carbonyl (C=O) groups is 2. The van der Waals surface area contributed by atoms with Gasteiger partial charge in [-0.3, -0.25) is 9.48 Å². The molecule has 1 unspecified atom stereocenters. The minimum atomic E-state index is -0.505. The molecule has 1 aliphatic rings. The fraction of sp³-hybridized carbons (Fsp3) is 0.483. The normalized spacial score (nSPS) is 15.1. The van der Waals surface area contributed by atoms with E-state index in [1.807, 2.05) is 68.9 Å². The number of anilines is 2. The molecule has 0 saturated carbocycles. The molecule has 0 spiro atoms. The Bertz CT molecular complexity index is 1260. The van der Waals surface area contributed by atoms with Gasteiger partial charge < -0.3 is 19.7 Å². The van der Waals surface area contributed by atoms with Crippen LogP contribution in [-0.4, -0.2) is 62.5 Å². The zero-order valence-corrected chi connectivity index (χ0v) is 23.4. The number of aromatic nitrogens is 4. The molecule has 10 nitrogen and oxygen atoms in total. The van der Waals surface area contributed by atoms with Gasteiger partial charge in [-0.1, -0.05) is 30.3 Å². The number of esters is 1. The molecule has 3 aromatic rings. The highest BCUT2D eigenvalue weighted by atomic mass is 16.6. The number of hydrogen-bond acceptors (Lipinski definition) is 8. The number of carbonyl (C=O) groups excluding carboxylic acids is 2. The molecule has 10 heteroatoms. The van der Waals surface area contributed by atoms with Crippen molar-refractivity contribution < 1.29 is 19.1 Å². The molecular weight excluding hydrogens is 496 g/mol. The summed E-state index contributed by atoms with van der Waals surface area (Å²) in [6, 6.07) is 10.2. The molecule has 1 aromatic carbocycles. The summed E-state index contributed by atoms with van der Waals surface area (Å²) in [5, 5.41) is 7.81. The van der Waals surface area contributed by atoms with E-state index in [0.717, 1.165) is 35.3 Å². The van der Waals surface area contributed by atoms with Gasteiger partial charge in [-0.15, -0.1) is 0 Å². The molecule has 0 radical (unpaired) electrons. The molecule has 1 fully saturated rings. The van der Waals surface area contributed by atoms with E-state index in [9.17, 15) is 9.59 Å². The third kappa shape index (κ3) is 7.78. The molecule has 1 amide bonds. The van der Waals surface area contributed by atoms with Crippen LogP contribution in [0, 0.1) is 6.92 Å². The fourth-order valence-corrected chi connectivity index (χ4v) is 4.75. The van der Waals surface area contributed by atoms with Crippen LogP contribution in [0.15, 0.2) is 48.9 Å². The summed E-state index contributed by atoms with van der Waals surface area (Å²) in [4.78, 5) is 35.6. The van der Waals surface area contributed by atoms with E-state index in [0.29, 0.717) is 25.5 Å². The molecule has 1 aliphatic heterocycles. The van der Waals surface area contributed by atoms with Gasteiger partial charge in [0.15, 0.2) is 0 Å². The number of rotatable bonds is 8. The van der Waals surface area contributed by atoms with Gasteiger partial charge in [-0.05, 0) is 58.1 Å². The number of methoxy groups -OCH3 is 1. The number of aryl methyl sites for hydroxylation is 1. The lowest BCUT2D eigenvalue weighted by Crippen LogP contribution is -2.42. The molecule has 208 valence electrons. The molecule has 2 aromatic heterocycles. The van der Waals surface area contributed by atoms with Crippen LogP contribution in [0.25, 0.3) is 0 Å². The van der Waals surface area contributed by atoms with E-state index in [1.165, 1.54) is 7.11 Å². The lowest BCUT2D eigenvalue weighted by atomic mass is 9.91. The molecule has 1 saturated heterocycles. The van der Waals surface area contributed by atoms with E-state index in [2.05, 4.69) is 15.4 Å². The number of amides is 1. The second kappa shape index (κ2) is 12.3. The van der Waals surface area contributed by atoms with E-state index in [-0.39, 0.29) is 30.4 Å². The standard InChI is InChI=1S/C29H38N6O4/c1-20-17-30-27(33-26(20)22(16-25(36)38-5)15-21-9-7-6-8-10-21)32-23-18-31-35(19-23)24-11-13-34(14-12-24)28(37)39-29(2,3)4/h6-10,17-19,22,24H,11-16H2,1-5H3,(H,30,32,33). The Morgan fingerprint density at radius 2 is 1.85 bits per heavy atom. The summed E-state index contributed by atoms with van der Waals surface area (Å²) in [5.41, 5.74) is 3.11. The van der Waals surface area contributed by atoms with Gasteiger partial charge in [0.1, 0.15) is 5.60 Å². The topological polar surface area (TPSA) is 111 Å². The lowest BCUT2D eigenvalue weighted by molar-refractivity contribution is -0.141. The number of piperidine rings is 1. The Labute approximate surface area is 229 Å². The number of nitrogens with zero attached hydrogens (tertiary/aromatic N) is 5. The van der Waals surface area contributed by atoms with Crippen molar-refractivity contribution in [2.24, 2.45) is 0 Å². The first-order valence-electron chi connectivity index (χ1n) is 13.3. The van der Waals surface area contributed by atoms with Crippen molar-refractivity contribution in [3.63, 3.8) is 0 Å². The van der Waals surface area contributed by atoms with Crippen LogP contribution < -0.4 is 5.32 Å². The first-order valence-corrected chi connectivity index (χ1v) is 13.3. The maximum absolute atomic E-state index is 12.4. The smallest absolute Gasteiger partial charge is 0.410 e. The molecule has 4 rings (SSSR count). The molecule has 0 aliphatic carbocycles. The molecular formula is C29H38N6O4. The van der Waals surface area contributed by atoms with E-state index < -0.39 is 5.60 Å². The van der Waals surface area contributed by atoms with Gasteiger partial charge in [0, 0.05) is 31.4 Å². The number of ether oxygens (including phenoxy) is 2. The summed E-state index contributed by atoms with van der Waals surface area (Å²) in [5.74, 6) is 0.0153. The van der Waals surface area contributed by atoms with E-state index in [1.54, 1.807) is 17.3 Å². The average molecular weight is 535 g/mol. The van der Waals surface area contributed by atoms with Crippen LogP contribution in [0.1, 0.15) is 68.8 Å². The Morgan fingerprint density at radius 1 is 1.13 bits per heavy atom. The van der Waals surface area contributed by atoms with Crippen molar-refractivity contribution in [3.05, 3.63) is 65.7 Å². The zero-order chi connectivity index (χ0) is 28.0. The summed E-state index contributed by atoms with van der Waals surface area (Å²) in [7, 11) is 1.40.